The van der Waals surface area contributed by atoms with E-state index in [1.165, 1.54) is 0 Å². The van der Waals surface area contributed by atoms with Crippen molar-refractivity contribution in [2.45, 2.75) is 20.0 Å². The van der Waals surface area contributed by atoms with Crippen LogP contribution in [0.25, 0.3) is 5.69 Å². The second-order valence-electron chi connectivity index (χ2n) is 3.65. The minimum Gasteiger partial charge on any atom is -0.387 e. The van der Waals surface area contributed by atoms with Gasteiger partial charge in [-0.05, 0) is 31.5 Å². The fourth-order valence-electron chi connectivity index (χ4n) is 1.43. The number of aliphatic hydroxyl groups excluding tert-OH is 1. The zero-order chi connectivity index (χ0) is 11.7. The Morgan fingerprint density at radius 1 is 1.44 bits per heavy atom. The van der Waals surface area contributed by atoms with Crippen molar-refractivity contribution in [3.8, 4) is 5.69 Å². The van der Waals surface area contributed by atoms with Gasteiger partial charge in [0.15, 0.2) is 0 Å². The van der Waals surface area contributed by atoms with E-state index in [9.17, 15) is 5.11 Å². The van der Waals surface area contributed by atoms with E-state index in [1.807, 2.05) is 25.1 Å². The number of hydrogen-bond acceptors (Lipinski definition) is 3. The third-order valence-corrected chi connectivity index (χ3v) is 2.83. The van der Waals surface area contributed by atoms with Crippen molar-refractivity contribution in [2.75, 3.05) is 0 Å². The first-order chi connectivity index (χ1) is 7.59. The van der Waals surface area contributed by atoms with Crippen LogP contribution in [-0.2, 0) is 0 Å². The van der Waals surface area contributed by atoms with E-state index in [1.54, 1.807) is 17.8 Å². The fourth-order valence-corrected chi connectivity index (χ4v) is 1.60. The maximum absolute atomic E-state index is 9.37. The van der Waals surface area contributed by atoms with Gasteiger partial charge in [-0.15, -0.1) is 5.10 Å². The maximum Gasteiger partial charge on any atom is 0.111 e. The average molecular weight is 238 g/mol. The highest BCUT2D eigenvalue weighted by molar-refractivity contribution is 6.31. The molecule has 0 spiro atoms. The van der Waals surface area contributed by atoms with Crippen molar-refractivity contribution in [1.82, 2.24) is 15.0 Å². The SMILES string of the molecule is Cc1c(Cl)cccc1-n1cc(C(C)O)nn1. The molecule has 1 aromatic heterocycles. The van der Waals surface area contributed by atoms with Crippen LogP contribution in [0.5, 0.6) is 0 Å². The van der Waals surface area contributed by atoms with Gasteiger partial charge in [-0.25, -0.2) is 4.68 Å². The van der Waals surface area contributed by atoms with Crippen molar-refractivity contribution in [3.63, 3.8) is 0 Å². The molecule has 16 heavy (non-hydrogen) atoms. The first kappa shape index (κ1) is 11.1. The van der Waals surface area contributed by atoms with Crippen LogP contribution in [0, 0.1) is 6.92 Å². The van der Waals surface area contributed by atoms with E-state index >= 15 is 0 Å². The molecule has 0 aliphatic heterocycles. The summed E-state index contributed by atoms with van der Waals surface area (Å²) in [5, 5.41) is 17.9. The number of rotatable bonds is 2. The Hall–Kier alpha value is -1.39. The molecule has 0 fully saturated rings. The molecule has 0 radical (unpaired) electrons. The molecule has 0 bridgehead atoms. The summed E-state index contributed by atoms with van der Waals surface area (Å²) in [5.41, 5.74) is 2.34. The number of halogens is 1. The number of aromatic nitrogens is 3. The maximum atomic E-state index is 9.37. The van der Waals surface area contributed by atoms with Gasteiger partial charge in [0.05, 0.1) is 18.0 Å². The Balaban J connectivity index is 2.47. The monoisotopic (exact) mass is 237 g/mol. The van der Waals surface area contributed by atoms with Gasteiger partial charge in [0.1, 0.15) is 5.69 Å². The Morgan fingerprint density at radius 2 is 2.19 bits per heavy atom. The molecule has 0 aliphatic rings. The molecule has 84 valence electrons. The van der Waals surface area contributed by atoms with Crippen LogP contribution in [0.3, 0.4) is 0 Å². The quantitative estimate of drug-likeness (QED) is 0.872. The molecule has 2 rings (SSSR count). The van der Waals surface area contributed by atoms with Crippen molar-refractivity contribution >= 4 is 11.6 Å². The first-order valence-electron chi connectivity index (χ1n) is 4.95. The van der Waals surface area contributed by atoms with Crippen molar-refractivity contribution < 1.29 is 5.11 Å². The molecule has 0 aliphatic carbocycles. The van der Waals surface area contributed by atoms with E-state index in [4.69, 9.17) is 11.6 Å². The van der Waals surface area contributed by atoms with Gasteiger partial charge < -0.3 is 5.11 Å². The minimum absolute atomic E-state index is 0.541. The lowest BCUT2D eigenvalue weighted by molar-refractivity contribution is 0.194. The van der Waals surface area contributed by atoms with Gasteiger partial charge in [0, 0.05) is 5.02 Å². The Bertz CT molecular complexity index is 508. The van der Waals surface area contributed by atoms with Crippen molar-refractivity contribution in [2.24, 2.45) is 0 Å². The first-order valence-corrected chi connectivity index (χ1v) is 5.33. The topological polar surface area (TPSA) is 50.9 Å². The van der Waals surface area contributed by atoms with Gasteiger partial charge in [-0.2, -0.15) is 0 Å². The lowest BCUT2D eigenvalue weighted by atomic mass is 10.2. The summed E-state index contributed by atoms with van der Waals surface area (Å²) in [6, 6.07) is 5.59. The molecule has 0 saturated carbocycles. The van der Waals surface area contributed by atoms with Crippen LogP contribution >= 0.6 is 11.6 Å². The second kappa shape index (κ2) is 4.23. The van der Waals surface area contributed by atoms with Gasteiger partial charge in [0.25, 0.3) is 0 Å². The molecule has 1 unspecified atom stereocenters. The lowest BCUT2D eigenvalue weighted by Gasteiger charge is -2.05. The van der Waals surface area contributed by atoms with Gasteiger partial charge in [0.2, 0.25) is 0 Å². The predicted molar refractivity (Wildman–Crippen MR) is 61.7 cm³/mol. The predicted octanol–water partition coefficient (Wildman–Crippen LogP) is 2.28. The molecule has 0 saturated heterocycles. The van der Waals surface area contributed by atoms with Crippen LogP contribution in [-0.4, -0.2) is 20.1 Å². The summed E-state index contributed by atoms with van der Waals surface area (Å²) in [6.07, 6.45) is 1.08. The summed E-state index contributed by atoms with van der Waals surface area (Å²) in [4.78, 5) is 0. The number of hydrogen-bond donors (Lipinski definition) is 1. The van der Waals surface area contributed by atoms with E-state index in [2.05, 4.69) is 10.3 Å². The van der Waals surface area contributed by atoms with Crippen LogP contribution in [0.1, 0.15) is 24.3 Å². The highest BCUT2D eigenvalue weighted by atomic mass is 35.5. The molecule has 1 aromatic carbocycles. The average Bonchev–Trinajstić information content (AvgIpc) is 2.71. The molecule has 4 nitrogen and oxygen atoms in total. The minimum atomic E-state index is -0.617. The summed E-state index contributed by atoms with van der Waals surface area (Å²) in [5.74, 6) is 0. The summed E-state index contributed by atoms with van der Waals surface area (Å²) in [7, 11) is 0. The molecule has 5 heteroatoms. The Labute approximate surface area is 98.5 Å². The van der Waals surface area contributed by atoms with Crippen molar-refractivity contribution in [3.05, 3.63) is 40.7 Å². The highest BCUT2D eigenvalue weighted by Gasteiger charge is 2.09. The molecule has 1 atom stereocenters. The lowest BCUT2D eigenvalue weighted by Crippen LogP contribution is -1.98. The van der Waals surface area contributed by atoms with Crippen molar-refractivity contribution in [1.29, 1.82) is 0 Å². The zero-order valence-electron chi connectivity index (χ0n) is 9.05. The molecule has 0 amide bonds. The van der Waals surface area contributed by atoms with Crippen LogP contribution in [0.4, 0.5) is 0 Å². The van der Waals surface area contributed by atoms with E-state index in [-0.39, 0.29) is 0 Å². The third kappa shape index (κ3) is 1.94. The van der Waals surface area contributed by atoms with E-state index < -0.39 is 6.10 Å². The standard InChI is InChI=1S/C11H12ClN3O/c1-7-9(12)4-3-5-11(7)15-6-10(8(2)16)13-14-15/h3-6,8,16H,1-2H3. The normalized spacial score (nSPS) is 12.8. The number of nitrogens with zero attached hydrogens (tertiary/aromatic N) is 3. The molecule has 1 heterocycles. The van der Waals surface area contributed by atoms with Gasteiger partial charge in [-0.3, -0.25) is 0 Å². The van der Waals surface area contributed by atoms with E-state index in [0.29, 0.717) is 10.7 Å². The highest BCUT2D eigenvalue weighted by Crippen LogP contribution is 2.22. The van der Waals surface area contributed by atoms with Gasteiger partial charge in [-0.1, -0.05) is 22.9 Å². The summed E-state index contributed by atoms with van der Waals surface area (Å²) < 4.78 is 1.61. The number of benzene rings is 1. The molecule has 2 aromatic rings. The molecular formula is C11H12ClN3O. The molecule has 1 N–H and O–H groups in total. The molecular weight excluding hydrogens is 226 g/mol. The largest absolute Gasteiger partial charge is 0.387 e. The summed E-state index contributed by atoms with van der Waals surface area (Å²) >= 11 is 6.02. The Kier molecular flexibility index (Phi) is 2.94. The fraction of sp³-hybridized carbons (Fsp3) is 0.273. The van der Waals surface area contributed by atoms with Crippen LogP contribution < -0.4 is 0 Å². The zero-order valence-corrected chi connectivity index (χ0v) is 9.81. The second-order valence-corrected chi connectivity index (χ2v) is 4.06. The van der Waals surface area contributed by atoms with Gasteiger partial charge >= 0.3 is 0 Å². The smallest absolute Gasteiger partial charge is 0.111 e. The van der Waals surface area contributed by atoms with Crippen LogP contribution in [0.2, 0.25) is 5.02 Å². The Morgan fingerprint density at radius 3 is 2.81 bits per heavy atom. The third-order valence-electron chi connectivity index (χ3n) is 2.43. The van der Waals surface area contributed by atoms with Crippen LogP contribution in [0.15, 0.2) is 24.4 Å². The van der Waals surface area contributed by atoms with E-state index in [0.717, 1.165) is 11.3 Å². The summed E-state index contributed by atoms with van der Waals surface area (Å²) in [6.45, 7) is 3.57. The number of aliphatic hydroxyl groups is 1.